The van der Waals surface area contributed by atoms with E-state index in [9.17, 15) is 8.42 Å². The highest BCUT2D eigenvalue weighted by Gasteiger charge is 2.23. The zero-order valence-corrected chi connectivity index (χ0v) is 12.7. The van der Waals surface area contributed by atoms with Crippen molar-refractivity contribution >= 4 is 21.5 Å². The van der Waals surface area contributed by atoms with Crippen LogP contribution in [0.4, 0.5) is 5.69 Å². The Morgan fingerprint density at radius 3 is 2.43 bits per heavy atom. The summed E-state index contributed by atoms with van der Waals surface area (Å²) in [5, 5.41) is 7.44. The van der Waals surface area contributed by atoms with E-state index in [0.717, 1.165) is 0 Å². The van der Waals surface area contributed by atoms with E-state index in [1.165, 1.54) is 11.4 Å². The molecule has 0 saturated carbocycles. The second kappa shape index (κ2) is 5.57. The van der Waals surface area contributed by atoms with Crippen molar-refractivity contribution in [2.75, 3.05) is 11.4 Å². The molecule has 0 amide bonds. The van der Waals surface area contributed by atoms with Gasteiger partial charge in [-0.2, -0.15) is 0 Å². The average molecular weight is 303 g/mol. The van der Waals surface area contributed by atoms with Gasteiger partial charge in [0.05, 0.1) is 10.6 Å². The summed E-state index contributed by atoms with van der Waals surface area (Å²) in [6.45, 7) is 1.76. The van der Waals surface area contributed by atoms with E-state index in [1.54, 1.807) is 55.5 Å². The van der Waals surface area contributed by atoms with Gasteiger partial charge in [-0.1, -0.05) is 30.3 Å². The number of rotatable bonds is 4. The van der Waals surface area contributed by atoms with Crippen LogP contribution in [-0.2, 0) is 10.0 Å². The normalized spacial score (nSPS) is 11.1. The first kappa shape index (κ1) is 15.1. The van der Waals surface area contributed by atoms with E-state index in [2.05, 4.69) is 0 Å². The molecular formula is C15H17N3O2S. The molecule has 3 N–H and O–H groups in total. The molecule has 0 heterocycles. The fourth-order valence-electron chi connectivity index (χ4n) is 2.00. The Kier molecular flexibility index (Phi) is 3.99. The van der Waals surface area contributed by atoms with Crippen molar-refractivity contribution in [2.45, 2.75) is 11.8 Å². The quantitative estimate of drug-likeness (QED) is 0.670. The van der Waals surface area contributed by atoms with Crippen LogP contribution in [0.5, 0.6) is 0 Å². The van der Waals surface area contributed by atoms with E-state index in [-0.39, 0.29) is 10.7 Å². The molecule has 110 valence electrons. The maximum atomic E-state index is 12.7. The number of aryl methyl sites for hydroxylation is 1. The maximum Gasteiger partial charge on any atom is 0.264 e. The van der Waals surface area contributed by atoms with Gasteiger partial charge in [0, 0.05) is 12.6 Å². The zero-order valence-electron chi connectivity index (χ0n) is 11.9. The summed E-state index contributed by atoms with van der Waals surface area (Å²) < 4.78 is 26.5. The van der Waals surface area contributed by atoms with E-state index >= 15 is 0 Å². The van der Waals surface area contributed by atoms with E-state index < -0.39 is 10.0 Å². The summed E-state index contributed by atoms with van der Waals surface area (Å²) >= 11 is 0. The van der Waals surface area contributed by atoms with Gasteiger partial charge in [-0.15, -0.1) is 0 Å². The third-order valence-corrected chi connectivity index (χ3v) is 5.20. The molecule has 0 fully saturated rings. The molecular weight excluding hydrogens is 286 g/mol. The highest BCUT2D eigenvalue weighted by molar-refractivity contribution is 7.92. The van der Waals surface area contributed by atoms with Crippen LogP contribution in [-0.4, -0.2) is 21.3 Å². The molecule has 6 heteroatoms. The smallest absolute Gasteiger partial charge is 0.264 e. The first-order chi connectivity index (χ1) is 9.84. The number of nitrogens with one attached hydrogen (secondary N) is 1. The molecule has 0 saturated heterocycles. The molecule has 0 unspecified atom stereocenters. The lowest BCUT2D eigenvalue weighted by Gasteiger charge is -2.21. The molecule has 0 aliphatic carbocycles. The largest absolute Gasteiger partial charge is 0.384 e. The Morgan fingerprint density at radius 1 is 1.14 bits per heavy atom. The highest BCUT2D eigenvalue weighted by Crippen LogP contribution is 2.24. The molecule has 0 aliphatic rings. The van der Waals surface area contributed by atoms with Gasteiger partial charge in [0.15, 0.2) is 0 Å². The standard InChI is InChI=1S/C15H17N3O2S/c1-11-6-3-4-9-14(11)21(19,20)18(2)13-8-5-7-12(10-13)15(16)17/h3-10H,1-2H3,(H3,16,17). The van der Waals surface area contributed by atoms with Crippen LogP contribution in [0.1, 0.15) is 11.1 Å². The summed E-state index contributed by atoms with van der Waals surface area (Å²) in [5.41, 5.74) is 7.08. The first-order valence-electron chi connectivity index (χ1n) is 6.33. The monoisotopic (exact) mass is 303 g/mol. The molecule has 0 radical (unpaired) electrons. The van der Waals surface area contributed by atoms with Gasteiger partial charge in [0.25, 0.3) is 10.0 Å². The Hall–Kier alpha value is -2.34. The number of amidine groups is 1. The average Bonchev–Trinajstić information content (AvgIpc) is 2.46. The van der Waals surface area contributed by atoms with Crippen LogP contribution in [0, 0.1) is 12.3 Å². The molecule has 0 aliphatic heterocycles. The Morgan fingerprint density at radius 2 is 1.81 bits per heavy atom. The molecule has 2 aromatic rings. The van der Waals surface area contributed by atoms with Crippen molar-refractivity contribution in [1.29, 1.82) is 5.41 Å². The minimum atomic E-state index is -3.64. The van der Waals surface area contributed by atoms with Crippen molar-refractivity contribution in [1.82, 2.24) is 0 Å². The fraction of sp³-hybridized carbons (Fsp3) is 0.133. The van der Waals surface area contributed by atoms with Crippen molar-refractivity contribution in [3.63, 3.8) is 0 Å². The zero-order chi connectivity index (χ0) is 15.6. The lowest BCUT2D eigenvalue weighted by atomic mass is 10.2. The van der Waals surface area contributed by atoms with Crippen LogP contribution < -0.4 is 10.0 Å². The van der Waals surface area contributed by atoms with Gasteiger partial charge in [0.1, 0.15) is 5.84 Å². The molecule has 0 spiro atoms. The number of nitrogens with zero attached hydrogens (tertiary/aromatic N) is 1. The third-order valence-electron chi connectivity index (χ3n) is 3.25. The Bertz CT molecular complexity index is 785. The number of hydrogen-bond donors (Lipinski definition) is 2. The minimum Gasteiger partial charge on any atom is -0.384 e. The summed E-state index contributed by atoms with van der Waals surface area (Å²) in [6.07, 6.45) is 0. The van der Waals surface area contributed by atoms with Gasteiger partial charge in [0.2, 0.25) is 0 Å². The van der Waals surface area contributed by atoms with Crippen LogP contribution in [0.3, 0.4) is 0 Å². The summed E-state index contributed by atoms with van der Waals surface area (Å²) in [4.78, 5) is 0.265. The summed E-state index contributed by atoms with van der Waals surface area (Å²) in [7, 11) is -2.16. The van der Waals surface area contributed by atoms with Gasteiger partial charge in [-0.05, 0) is 30.7 Å². The second-order valence-electron chi connectivity index (χ2n) is 4.70. The van der Waals surface area contributed by atoms with Crippen LogP contribution >= 0.6 is 0 Å². The number of nitrogens with two attached hydrogens (primary N) is 1. The number of sulfonamides is 1. The molecule has 0 atom stereocenters. The molecule has 0 bridgehead atoms. The number of benzene rings is 2. The van der Waals surface area contributed by atoms with E-state index in [1.807, 2.05) is 0 Å². The first-order valence-corrected chi connectivity index (χ1v) is 7.77. The Labute approximate surface area is 124 Å². The lowest BCUT2D eigenvalue weighted by Crippen LogP contribution is -2.27. The number of anilines is 1. The van der Waals surface area contributed by atoms with Crippen LogP contribution in [0.15, 0.2) is 53.4 Å². The molecule has 21 heavy (non-hydrogen) atoms. The maximum absolute atomic E-state index is 12.7. The van der Waals surface area contributed by atoms with Crippen molar-refractivity contribution in [3.8, 4) is 0 Å². The number of hydrogen-bond acceptors (Lipinski definition) is 3. The second-order valence-corrected chi connectivity index (χ2v) is 6.64. The predicted molar refractivity (Wildman–Crippen MR) is 84.2 cm³/mol. The van der Waals surface area contributed by atoms with Gasteiger partial charge in [-0.25, -0.2) is 8.42 Å². The molecule has 0 aromatic heterocycles. The molecule has 5 nitrogen and oxygen atoms in total. The van der Waals surface area contributed by atoms with Crippen molar-refractivity contribution in [3.05, 3.63) is 59.7 Å². The minimum absolute atomic E-state index is 0.0986. The molecule has 2 rings (SSSR count). The molecule has 2 aromatic carbocycles. The summed E-state index contributed by atoms with van der Waals surface area (Å²) in [6, 6.07) is 13.4. The van der Waals surface area contributed by atoms with E-state index in [4.69, 9.17) is 11.1 Å². The highest BCUT2D eigenvalue weighted by atomic mass is 32.2. The van der Waals surface area contributed by atoms with Crippen molar-refractivity contribution in [2.24, 2.45) is 5.73 Å². The van der Waals surface area contributed by atoms with Crippen LogP contribution in [0.2, 0.25) is 0 Å². The van der Waals surface area contributed by atoms with E-state index in [0.29, 0.717) is 16.8 Å². The van der Waals surface area contributed by atoms with Gasteiger partial charge < -0.3 is 5.73 Å². The SMILES string of the molecule is Cc1ccccc1S(=O)(=O)N(C)c1cccc(C(=N)N)c1. The summed E-state index contributed by atoms with van der Waals surface area (Å²) in [5.74, 6) is -0.0986. The van der Waals surface area contributed by atoms with Crippen LogP contribution in [0.25, 0.3) is 0 Å². The Balaban J connectivity index is 2.48. The van der Waals surface area contributed by atoms with Gasteiger partial charge >= 0.3 is 0 Å². The number of nitrogen functional groups attached to an aromatic ring is 1. The predicted octanol–water partition coefficient (Wildman–Crippen LogP) is 2.10. The van der Waals surface area contributed by atoms with Crippen molar-refractivity contribution < 1.29 is 8.42 Å². The lowest BCUT2D eigenvalue weighted by molar-refractivity contribution is 0.594. The third kappa shape index (κ3) is 2.90. The topological polar surface area (TPSA) is 87.2 Å². The fourth-order valence-corrected chi connectivity index (χ4v) is 3.41. The van der Waals surface area contributed by atoms with Gasteiger partial charge in [-0.3, -0.25) is 9.71 Å².